The van der Waals surface area contributed by atoms with Crippen LogP contribution in [0.1, 0.15) is 40.5 Å². The average molecular weight is 285 g/mol. The second kappa shape index (κ2) is 6.13. The van der Waals surface area contributed by atoms with Crippen LogP contribution in [0, 0.1) is 5.92 Å². The molecule has 1 aromatic carbocycles. The first kappa shape index (κ1) is 15.3. The van der Waals surface area contributed by atoms with Gasteiger partial charge < -0.3 is 0 Å². The highest BCUT2D eigenvalue weighted by molar-refractivity contribution is 6.97. The van der Waals surface area contributed by atoms with Gasteiger partial charge in [0.05, 0.1) is 0 Å². The van der Waals surface area contributed by atoms with Gasteiger partial charge in [-0.05, 0) is 25.8 Å². The van der Waals surface area contributed by atoms with Gasteiger partial charge >= 0.3 is 0 Å². The molecule has 0 heterocycles. The highest BCUT2D eigenvalue weighted by atomic mass is 28.3. The van der Waals surface area contributed by atoms with Crippen molar-refractivity contribution in [1.29, 1.82) is 0 Å². The summed E-state index contributed by atoms with van der Waals surface area (Å²) >= 11 is 0. The molecule has 0 bridgehead atoms. The Morgan fingerprint density at radius 1 is 1.10 bits per heavy atom. The molecule has 0 nitrogen and oxygen atoms in total. The number of hydrogen-bond acceptors (Lipinski definition) is 0. The van der Waals surface area contributed by atoms with E-state index in [0.717, 1.165) is 0 Å². The molecule has 0 radical (unpaired) electrons. The maximum absolute atomic E-state index is 2.58. The molecule has 108 valence electrons. The summed E-state index contributed by atoms with van der Waals surface area (Å²) in [5.74, 6) is 0.628. The largest absolute Gasteiger partial charge is 0.111 e. The van der Waals surface area contributed by atoms with Crippen molar-refractivity contribution in [1.82, 2.24) is 0 Å². The number of hydrogen-bond donors (Lipinski definition) is 0. The quantitative estimate of drug-likeness (QED) is 0.650. The van der Waals surface area contributed by atoms with E-state index in [-0.39, 0.29) is 0 Å². The lowest BCUT2D eigenvalue weighted by Crippen LogP contribution is -2.48. The molecular formula is C19H28Si. The van der Waals surface area contributed by atoms with Gasteiger partial charge in [0.25, 0.3) is 0 Å². The molecule has 2 unspecified atom stereocenters. The van der Waals surface area contributed by atoms with Gasteiger partial charge in [0.15, 0.2) is 0 Å². The maximum Gasteiger partial charge on any atom is 0.111 e. The van der Waals surface area contributed by atoms with Gasteiger partial charge in [-0.1, -0.05) is 91.2 Å². The Kier molecular flexibility index (Phi) is 4.69. The zero-order valence-corrected chi connectivity index (χ0v) is 14.7. The number of unbranched alkanes of at least 4 members (excludes halogenated alkanes) is 1. The molecule has 0 fully saturated rings. The molecule has 20 heavy (non-hydrogen) atoms. The minimum absolute atomic E-state index is 0.628. The normalized spacial score (nSPS) is 21.9. The molecule has 1 heteroatoms. The van der Waals surface area contributed by atoms with E-state index >= 15 is 0 Å². The van der Waals surface area contributed by atoms with Crippen molar-refractivity contribution in [3.05, 3.63) is 52.8 Å². The molecule has 2 rings (SSSR count). The fraction of sp³-hybridized carbons (Fsp3) is 0.474. The molecule has 1 aliphatic rings. The van der Waals surface area contributed by atoms with E-state index in [2.05, 4.69) is 70.6 Å². The summed E-state index contributed by atoms with van der Waals surface area (Å²) in [6, 6.07) is 12.7. The van der Waals surface area contributed by atoms with E-state index in [4.69, 9.17) is 0 Å². The SMILES string of the molecule is CCCC[Si](C)(C1=C(C)C(C)=CC1C)c1ccccc1. The standard InChI is InChI=1S/C19H28Si/c1-6-7-13-20(5,18-11-9-8-10-12-18)19-16(3)14-15(2)17(19)4/h8-12,14,16H,6-7,13H2,1-5H3. The van der Waals surface area contributed by atoms with Crippen LogP contribution in [0.25, 0.3) is 0 Å². The van der Waals surface area contributed by atoms with E-state index in [1.807, 2.05) is 0 Å². The first-order valence-corrected chi connectivity index (χ1v) is 10.7. The Morgan fingerprint density at radius 2 is 1.75 bits per heavy atom. The molecule has 0 N–H and O–H groups in total. The van der Waals surface area contributed by atoms with Crippen LogP contribution in [0.3, 0.4) is 0 Å². The number of benzene rings is 1. The predicted molar refractivity (Wildman–Crippen MR) is 93.0 cm³/mol. The summed E-state index contributed by atoms with van der Waals surface area (Å²) in [5.41, 5.74) is 3.07. The van der Waals surface area contributed by atoms with Gasteiger partial charge in [-0.3, -0.25) is 0 Å². The molecule has 0 spiro atoms. The Labute approximate surface area is 125 Å². The predicted octanol–water partition coefficient (Wildman–Crippen LogP) is 5.22. The van der Waals surface area contributed by atoms with Crippen molar-refractivity contribution in [3.8, 4) is 0 Å². The Hall–Kier alpha value is -1.08. The third-order valence-electron chi connectivity index (χ3n) is 4.99. The van der Waals surface area contributed by atoms with Gasteiger partial charge in [-0.15, -0.1) is 0 Å². The van der Waals surface area contributed by atoms with Crippen molar-refractivity contribution >= 4 is 13.3 Å². The van der Waals surface area contributed by atoms with E-state index < -0.39 is 8.07 Å². The van der Waals surface area contributed by atoms with E-state index in [1.165, 1.54) is 24.5 Å². The monoisotopic (exact) mass is 284 g/mol. The van der Waals surface area contributed by atoms with Crippen LogP contribution in [0.15, 0.2) is 52.8 Å². The second-order valence-electron chi connectivity index (χ2n) is 6.48. The third kappa shape index (κ3) is 2.69. The highest BCUT2D eigenvalue weighted by Crippen LogP contribution is 2.38. The third-order valence-corrected chi connectivity index (χ3v) is 9.97. The van der Waals surface area contributed by atoms with Crippen molar-refractivity contribution in [2.24, 2.45) is 5.92 Å². The van der Waals surface area contributed by atoms with E-state index in [9.17, 15) is 0 Å². The second-order valence-corrected chi connectivity index (χ2v) is 10.8. The van der Waals surface area contributed by atoms with Crippen LogP contribution in [0.2, 0.25) is 12.6 Å². The van der Waals surface area contributed by atoms with Gasteiger partial charge in [-0.2, -0.15) is 0 Å². The van der Waals surface area contributed by atoms with Crippen LogP contribution >= 0.6 is 0 Å². The molecule has 0 saturated heterocycles. The molecular weight excluding hydrogens is 256 g/mol. The summed E-state index contributed by atoms with van der Waals surface area (Å²) in [5, 5.41) is 3.38. The van der Waals surface area contributed by atoms with Crippen molar-refractivity contribution < 1.29 is 0 Å². The fourth-order valence-corrected chi connectivity index (χ4v) is 8.80. The lowest BCUT2D eigenvalue weighted by Gasteiger charge is -2.33. The molecule has 0 aromatic heterocycles. The van der Waals surface area contributed by atoms with Crippen molar-refractivity contribution in [3.63, 3.8) is 0 Å². The lowest BCUT2D eigenvalue weighted by atomic mass is 10.2. The van der Waals surface area contributed by atoms with E-state index in [0.29, 0.717) is 5.92 Å². The van der Waals surface area contributed by atoms with Gasteiger partial charge in [0, 0.05) is 0 Å². The van der Waals surface area contributed by atoms with E-state index in [1.54, 1.807) is 16.0 Å². The minimum Gasteiger partial charge on any atom is -0.0748 e. The Balaban J connectivity index is 2.49. The molecule has 0 saturated carbocycles. The molecule has 2 atom stereocenters. The molecule has 1 aliphatic carbocycles. The van der Waals surface area contributed by atoms with Gasteiger partial charge in [0.1, 0.15) is 8.07 Å². The van der Waals surface area contributed by atoms with Crippen LogP contribution in [-0.2, 0) is 0 Å². The van der Waals surface area contributed by atoms with Crippen LogP contribution in [0.4, 0.5) is 0 Å². The van der Waals surface area contributed by atoms with Gasteiger partial charge in [-0.25, -0.2) is 0 Å². The molecule has 0 aliphatic heterocycles. The van der Waals surface area contributed by atoms with Crippen LogP contribution in [-0.4, -0.2) is 8.07 Å². The first-order chi connectivity index (χ1) is 9.50. The summed E-state index contributed by atoms with van der Waals surface area (Å²) in [6.07, 6.45) is 5.10. The summed E-state index contributed by atoms with van der Waals surface area (Å²) in [4.78, 5) is 0. The average Bonchev–Trinajstić information content (AvgIpc) is 2.71. The van der Waals surface area contributed by atoms with Crippen LogP contribution in [0.5, 0.6) is 0 Å². The smallest absolute Gasteiger partial charge is 0.0748 e. The summed E-state index contributed by atoms with van der Waals surface area (Å²) in [6.45, 7) is 11.9. The number of allylic oxidation sites excluding steroid dienone is 4. The van der Waals surface area contributed by atoms with Crippen molar-refractivity contribution in [2.75, 3.05) is 0 Å². The minimum atomic E-state index is -1.55. The van der Waals surface area contributed by atoms with Gasteiger partial charge in [0.2, 0.25) is 0 Å². The first-order valence-electron chi connectivity index (χ1n) is 7.96. The Morgan fingerprint density at radius 3 is 2.25 bits per heavy atom. The summed E-state index contributed by atoms with van der Waals surface area (Å²) in [7, 11) is -1.55. The lowest BCUT2D eigenvalue weighted by molar-refractivity contribution is 0.855. The Bertz CT molecular complexity index is 524. The molecule has 0 amide bonds. The zero-order chi connectivity index (χ0) is 14.8. The topological polar surface area (TPSA) is 0 Å². The maximum atomic E-state index is 2.58. The summed E-state index contributed by atoms with van der Waals surface area (Å²) < 4.78 is 0. The fourth-order valence-electron chi connectivity index (χ4n) is 3.82. The van der Waals surface area contributed by atoms with Crippen molar-refractivity contribution in [2.45, 2.75) is 53.1 Å². The molecule has 1 aromatic rings. The van der Waals surface area contributed by atoms with Crippen LogP contribution < -0.4 is 5.19 Å². The number of rotatable bonds is 5. The highest BCUT2D eigenvalue weighted by Gasteiger charge is 2.38. The zero-order valence-electron chi connectivity index (χ0n) is 13.7.